The molecule has 1 atom stereocenters. The molecule has 0 fully saturated rings. The summed E-state index contributed by atoms with van der Waals surface area (Å²) in [5.74, 6) is 0.515. The van der Waals surface area contributed by atoms with Crippen molar-refractivity contribution in [2.45, 2.75) is 19.5 Å². The van der Waals surface area contributed by atoms with E-state index in [9.17, 15) is 4.39 Å². The third-order valence-electron chi connectivity index (χ3n) is 3.42. The van der Waals surface area contributed by atoms with Gasteiger partial charge in [-0.05, 0) is 24.6 Å². The molecule has 0 saturated heterocycles. The average molecular weight is 325 g/mol. The highest BCUT2D eigenvalue weighted by molar-refractivity contribution is 6.31. The van der Waals surface area contributed by atoms with Gasteiger partial charge in [0.25, 0.3) is 0 Å². The van der Waals surface area contributed by atoms with E-state index >= 15 is 0 Å². The summed E-state index contributed by atoms with van der Waals surface area (Å²) < 4.78 is 24.5. The molecule has 2 rings (SSSR count). The van der Waals surface area contributed by atoms with E-state index in [2.05, 4.69) is 10.3 Å². The molecule has 0 radical (unpaired) electrons. The summed E-state index contributed by atoms with van der Waals surface area (Å²) >= 11 is 6.06. The van der Waals surface area contributed by atoms with Crippen molar-refractivity contribution in [2.75, 3.05) is 14.2 Å². The van der Waals surface area contributed by atoms with E-state index in [-0.39, 0.29) is 11.9 Å². The zero-order valence-electron chi connectivity index (χ0n) is 12.7. The first-order valence-corrected chi connectivity index (χ1v) is 7.17. The molecule has 1 aromatic carbocycles. The standard InChI is InChI=1S/C16H18ClFN2O2/c1-10(20-8-11-4-5-19-9-13(11)17)12-6-15(21-2)16(22-3)7-14(12)18/h4-7,9-10,20H,8H2,1-3H3/t10-/m0/s1. The van der Waals surface area contributed by atoms with Gasteiger partial charge in [-0.15, -0.1) is 0 Å². The van der Waals surface area contributed by atoms with Gasteiger partial charge in [0.15, 0.2) is 11.5 Å². The Hall–Kier alpha value is -1.85. The van der Waals surface area contributed by atoms with Gasteiger partial charge < -0.3 is 14.8 Å². The van der Waals surface area contributed by atoms with Crippen molar-refractivity contribution < 1.29 is 13.9 Å². The van der Waals surface area contributed by atoms with Crippen molar-refractivity contribution in [3.63, 3.8) is 0 Å². The Morgan fingerprint density at radius 3 is 2.59 bits per heavy atom. The van der Waals surface area contributed by atoms with Crippen LogP contribution in [0, 0.1) is 5.82 Å². The van der Waals surface area contributed by atoms with Crippen LogP contribution in [0.5, 0.6) is 11.5 Å². The molecule has 0 unspecified atom stereocenters. The normalized spacial score (nSPS) is 12.0. The van der Waals surface area contributed by atoms with Crippen LogP contribution in [0.25, 0.3) is 0 Å². The van der Waals surface area contributed by atoms with Gasteiger partial charge in [0.2, 0.25) is 0 Å². The molecule has 4 nitrogen and oxygen atoms in total. The lowest BCUT2D eigenvalue weighted by atomic mass is 10.1. The summed E-state index contributed by atoms with van der Waals surface area (Å²) in [7, 11) is 3.00. The van der Waals surface area contributed by atoms with Crippen LogP contribution < -0.4 is 14.8 Å². The molecule has 1 aromatic heterocycles. The number of pyridine rings is 1. The number of nitrogens with zero attached hydrogens (tertiary/aromatic N) is 1. The molecule has 0 amide bonds. The molecular formula is C16H18ClFN2O2. The molecule has 0 aliphatic rings. The average Bonchev–Trinajstić information content (AvgIpc) is 2.53. The number of hydrogen-bond acceptors (Lipinski definition) is 4. The van der Waals surface area contributed by atoms with Crippen LogP contribution in [0.3, 0.4) is 0 Å². The van der Waals surface area contributed by atoms with Crippen LogP contribution in [0.2, 0.25) is 5.02 Å². The highest BCUT2D eigenvalue weighted by Crippen LogP contribution is 2.32. The monoisotopic (exact) mass is 324 g/mol. The Labute approximate surface area is 134 Å². The molecule has 6 heteroatoms. The Balaban J connectivity index is 2.15. The van der Waals surface area contributed by atoms with Gasteiger partial charge in [-0.1, -0.05) is 11.6 Å². The van der Waals surface area contributed by atoms with E-state index in [0.717, 1.165) is 5.56 Å². The Kier molecular flexibility index (Phi) is 5.57. The lowest BCUT2D eigenvalue weighted by Gasteiger charge is -2.18. The minimum Gasteiger partial charge on any atom is -0.493 e. The first kappa shape index (κ1) is 16.5. The fraction of sp³-hybridized carbons (Fsp3) is 0.312. The van der Waals surface area contributed by atoms with E-state index in [1.54, 1.807) is 18.5 Å². The molecular weight excluding hydrogens is 307 g/mol. The molecule has 1 heterocycles. The molecule has 118 valence electrons. The Bertz CT molecular complexity index is 652. The predicted molar refractivity (Wildman–Crippen MR) is 84.0 cm³/mol. The van der Waals surface area contributed by atoms with Crippen molar-refractivity contribution in [2.24, 2.45) is 0 Å². The van der Waals surface area contributed by atoms with E-state index in [4.69, 9.17) is 21.1 Å². The van der Waals surface area contributed by atoms with Crippen molar-refractivity contribution >= 4 is 11.6 Å². The first-order valence-electron chi connectivity index (χ1n) is 6.80. The molecule has 1 N–H and O–H groups in total. The van der Waals surface area contributed by atoms with Gasteiger partial charge in [0, 0.05) is 36.6 Å². The second kappa shape index (κ2) is 7.42. The maximum atomic E-state index is 14.2. The lowest BCUT2D eigenvalue weighted by Crippen LogP contribution is -2.19. The first-order chi connectivity index (χ1) is 10.6. The Morgan fingerprint density at radius 1 is 1.27 bits per heavy atom. The van der Waals surface area contributed by atoms with Gasteiger partial charge in [0.05, 0.1) is 19.2 Å². The van der Waals surface area contributed by atoms with Gasteiger partial charge in [-0.25, -0.2) is 4.39 Å². The zero-order chi connectivity index (χ0) is 16.1. The van der Waals surface area contributed by atoms with Crippen LogP contribution in [-0.4, -0.2) is 19.2 Å². The highest BCUT2D eigenvalue weighted by atomic mass is 35.5. The van der Waals surface area contributed by atoms with Crippen LogP contribution in [0.1, 0.15) is 24.1 Å². The molecule has 0 saturated carbocycles. The fourth-order valence-electron chi connectivity index (χ4n) is 2.12. The number of benzene rings is 1. The number of hydrogen-bond donors (Lipinski definition) is 1. The minimum atomic E-state index is -0.349. The number of halogens is 2. The molecule has 22 heavy (non-hydrogen) atoms. The number of ether oxygens (including phenoxy) is 2. The SMILES string of the molecule is COc1cc(F)c([C@H](C)NCc2ccncc2Cl)cc1OC. The molecule has 0 bridgehead atoms. The number of nitrogens with one attached hydrogen (secondary N) is 1. The third kappa shape index (κ3) is 3.67. The summed E-state index contributed by atoms with van der Waals surface area (Å²) in [6.07, 6.45) is 3.25. The topological polar surface area (TPSA) is 43.4 Å². The second-order valence-electron chi connectivity index (χ2n) is 4.80. The number of aromatic nitrogens is 1. The smallest absolute Gasteiger partial charge is 0.163 e. The maximum absolute atomic E-state index is 14.2. The third-order valence-corrected chi connectivity index (χ3v) is 3.76. The Morgan fingerprint density at radius 2 is 1.95 bits per heavy atom. The molecule has 0 aliphatic carbocycles. The highest BCUT2D eigenvalue weighted by Gasteiger charge is 2.16. The minimum absolute atomic E-state index is 0.218. The number of methoxy groups -OCH3 is 2. The van der Waals surface area contributed by atoms with Crippen molar-refractivity contribution in [3.8, 4) is 11.5 Å². The quantitative estimate of drug-likeness (QED) is 0.879. The van der Waals surface area contributed by atoms with Gasteiger partial charge in [0.1, 0.15) is 5.82 Å². The van der Waals surface area contributed by atoms with E-state index < -0.39 is 0 Å². The van der Waals surface area contributed by atoms with Gasteiger partial charge in [-0.2, -0.15) is 0 Å². The summed E-state index contributed by atoms with van der Waals surface area (Å²) in [5.41, 5.74) is 1.41. The van der Waals surface area contributed by atoms with Crippen molar-refractivity contribution in [1.82, 2.24) is 10.3 Å². The molecule has 0 spiro atoms. The predicted octanol–water partition coefficient (Wildman–Crippen LogP) is 3.74. The van der Waals surface area contributed by atoms with Crippen molar-refractivity contribution in [3.05, 3.63) is 52.6 Å². The second-order valence-corrected chi connectivity index (χ2v) is 5.21. The van der Waals surface area contributed by atoms with Crippen molar-refractivity contribution in [1.29, 1.82) is 0 Å². The van der Waals surface area contributed by atoms with Crippen LogP contribution in [-0.2, 0) is 6.54 Å². The van der Waals surface area contributed by atoms with Crippen LogP contribution in [0.15, 0.2) is 30.6 Å². The summed E-state index contributed by atoms with van der Waals surface area (Å²) in [4.78, 5) is 3.94. The maximum Gasteiger partial charge on any atom is 0.163 e. The summed E-state index contributed by atoms with van der Waals surface area (Å²) in [6.45, 7) is 2.38. The van der Waals surface area contributed by atoms with Gasteiger partial charge >= 0.3 is 0 Å². The molecule has 2 aromatic rings. The largest absolute Gasteiger partial charge is 0.493 e. The van der Waals surface area contributed by atoms with E-state index in [1.165, 1.54) is 20.3 Å². The zero-order valence-corrected chi connectivity index (χ0v) is 13.4. The summed E-state index contributed by atoms with van der Waals surface area (Å²) in [6, 6.07) is 4.57. The van der Waals surface area contributed by atoms with E-state index in [0.29, 0.717) is 28.6 Å². The van der Waals surface area contributed by atoms with Crippen LogP contribution >= 0.6 is 11.6 Å². The van der Waals surface area contributed by atoms with E-state index in [1.807, 2.05) is 13.0 Å². The fourth-order valence-corrected chi connectivity index (χ4v) is 2.31. The molecule has 0 aliphatic heterocycles. The number of rotatable bonds is 6. The summed E-state index contributed by atoms with van der Waals surface area (Å²) in [5, 5.41) is 3.82. The lowest BCUT2D eigenvalue weighted by molar-refractivity contribution is 0.350. The van der Waals surface area contributed by atoms with Crippen LogP contribution in [0.4, 0.5) is 4.39 Å². The van der Waals surface area contributed by atoms with Gasteiger partial charge in [-0.3, -0.25) is 4.98 Å².